The molecule has 1 heterocycles. The molecule has 0 radical (unpaired) electrons. The Labute approximate surface area is 90.8 Å². The van der Waals surface area contributed by atoms with Crippen LogP contribution in [0.2, 0.25) is 0 Å². The van der Waals surface area contributed by atoms with Crippen LogP contribution in [0.1, 0.15) is 33.6 Å². The Kier molecular flexibility index (Phi) is 3.72. The van der Waals surface area contributed by atoms with Crippen LogP contribution < -0.4 is 5.73 Å². The quantitative estimate of drug-likeness (QED) is 0.734. The second kappa shape index (κ2) is 4.64. The predicted octanol–water partition coefficient (Wildman–Crippen LogP) is 0.755. The molecule has 2 amide bonds. The van der Waals surface area contributed by atoms with Gasteiger partial charge in [-0.05, 0) is 19.8 Å². The molecule has 86 valence electrons. The SMILES string of the molecule is CC(C)C(=O)N1CC(C(N)=O)CCC1C. The molecule has 0 aromatic heterocycles. The Bertz CT molecular complexity index is 263. The van der Waals surface area contributed by atoms with Crippen molar-refractivity contribution < 1.29 is 9.59 Å². The molecule has 1 aliphatic rings. The van der Waals surface area contributed by atoms with E-state index in [1.807, 2.05) is 20.8 Å². The number of piperidine rings is 1. The standard InChI is InChI=1S/C11H20N2O2/c1-7(2)11(15)13-6-9(10(12)14)5-4-8(13)3/h7-9H,4-6H2,1-3H3,(H2,12,14). The topological polar surface area (TPSA) is 63.4 Å². The molecular weight excluding hydrogens is 192 g/mol. The van der Waals surface area contributed by atoms with Crippen molar-refractivity contribution in [1.82, 2.24) is 4.90 Å². The van der Waals surface area contributed by atoms with Crippen LogP contribution in [0.4, 0.5) is 0 Å². The molecule has 2 atom stereocenters. The second-order valence-electron chi connectivity index (χ2n) is 4.67. The Balaban J connectivity index is 2.69. The van der Waals surface area contributed by atoms with Gasteiger partial charge in [0.25, 0.3) is 0 Å². The largest absolute Gasteiger partial charge is 0.369 e. The van der Waals surface area contributed by atoms with Gasteiger partial charge in [0.1, 0.15) is 0 Å². The van der Waals surface area contributed by atoms with E-state index in [2.05, 4.69) is 0 Å². The number of amides is 2. The van der Waals surface area contributed by atoms with E-state index in [0.29, 0.717) is 6.54 Å². The first kappa shape index (κ1) is 12.0. The number of hydrogen-bond acceptors (Lipinski definition) is 2. The van der Waals surface area contributed by atoms with Gasteiger partial charge in [-0.2, -0.15) is 0 Å². The van der Waals surface area contributed by atoms with Gasteiger partial charge in [0.15, 0.2) is 0 Å². The van der Waals surface area contributed by atoms with E-state index < -0.39 is 0 Å². The number of likely N-dealkylation sites (tertiary alicyclic amines) is 1. The summed E-state index contributed by atoms with van der Waals surface area (Å²) >= 11 is 0. The molecule has 1 rings (SSSR count). The molecule has 2 unspecified atom stereocenters. The molecule has 0 spiro atoms. The third-order valence-corrected chi connectivity index (χ3v) is 3.06. The van der Waals surface area contributed by atoms with Crippen LogP contribution in [0.3, 0.4) is 0 Å². The molecule has 0 aromatic rings. The molecule has 0 aliphatic carbocycles. The van der Waals surface area contributed by atoms with E-state index in [9.17, 15) is 9.59 Å². The predicted molar refractivity (Wildman–Crippen MR) is 57.9 cm³/mol. The highest BCUT2D eigenvalue weighted by molar-refractivity contribution is 5.81. The maximum Gasteiger partial charge on any atom is 0.225 e. The highest BCUT2D eigenvalue weighted by Crippen LogP contribution is 2.23. The number of nitrogens with two attached hydrogens (primary N) is 1. The Morgan fingerprint density at radius 3 is 2.40 bits per heavy atom. The van der Waals surface area contributed by atoms with Gasteiger partial charge in [-0.25, -0.2) is 0 Å². The maximum absolute atomic E-state index is 11.9. The molecule has 0 aromatic carbocycles. The summed E-state index contributed by atoms with van der Waals surface area (Å²) in [5, 5.41) is 0. The fraction of sp³-hybridized carbons (Fsp3) is 0.818. The van der Waals surface area contributed by atoms with E-state index in [4.69, 9.17) is 5.73 Å². The molecule has 1 saturated heterocycles. The van der Waals surface area contributed by atoms with Crippen molar-refractivity contribution in [3.8, 4) is 0 Å². The van der Waals surface area contributed by atoms with Gasteiger partial charge in [0, 0.05) is 18.5 Å². The third kappa shape index (κ3) is 2.70. The van der Waals surface area contributed by atoms with Crippen LogP contribution >= 0.6 is 0 Å². The fourth-order valence-electron chi connectivity index (χ4n) is 1.98. The minimum Gasteiger partial charge on any atom is -0.369 e. The lowest BCUT2D eigenvalue weighted by molar-refractivity contribution is -0.140. The van der Waals surface area contributed by atoms with Gasteiger partial charge in [0.05, 0.1) is 5.92 Å². The first-order chi connectivity index (χ1) is 6.93. The molecule has 2 N–H and O–H groups in total. The average molecular weight is 212 g/mol. The third-order valence-electron chi connectivity index (χ3n) is 3.06. The molecule has 4 heteroatoms. The summed E-state index contributed by atoms with van der Waals surface area (Å²) in [4.78, 5) is 24.7. The van der Waals surface area contributed by atoms with Crippen molar-refractivity contribution in [2.24, 2.45) is 17.6 Å². The minimum atomic E-state index is -0.288. The maximum atomic E-state index is 11.9. The van der Waals surface area contributed by atoms with Crippen molar-refractivity contribution in [2.45, 2.75) is 39.7 Å². The summed E-state index contributed by atoms with van der Waals surface area (Å²) in [5.41, 5.74) is 5.27. The first-order valence-corrected chi connectivity index (χ1v) is 5.53. The van der Waals surface area contributed by atoms with E-state index in [1.165, 1.54) is 0 Å². The summed E-state index contributed by atoms with van der Waals surface area (Å²) < 4.78 is 0. The summed E-state index contributed by atoms with van der Waals surface area (Å²) in [6, 6.07) is 0.232. The van der Waals surface area contributed by atoms with Crippen LogP contribution in [0.15, 0.2) is 0 Å². The van der Waals surface area contributed by atoms with Crippen LogP contribution in [0.5, 0.6) is 0 Å². The van der Waals surface area contributed by atoms with Crippen molar-refractivity contribution in [3.05, 3.63) is 0 Å². The lowest BCUT2D eigenvalue weighted by Gasteiger charge is -2.37. The van der Waals surface area contributed by atoms with Crippen LogP contribution in [-0.4, -0.2) is 29.3 Å². The zero-order valence-electron chi connectivity index (χ0n) is 9.69. The average Bonchev–Trinajstić information content (AvgIpc) is 2.16. The Morgan fingerprint density at radius 2 is 1.93 bits per heavy atom. The van der Waals surface area contributed by atoms with Crippen LogP contribution in [0, 0.1) is 11.8 Å². The summed E-state index contributed by atoms with van der Waals surface area (Å²) in [5.74, 6) is -0.347. The van der Waals surface area contributed by atoms with Crippen LogP contribution in [-0.2, 0) is 9.59 Å². The number of rotatable bonds is 2. The van der Waals surface area contributed by atoms with Gasteiger partial charge in [0.2, 0.25) is 11.8 Å². The minimum absolute atomic E-state index is 0.0147. The zero-order chi connectivity index (χ0) is 11.6. The number of hydrogen-bond donors (Lipinski definition) is 1. The molecule has 1 aliphatic heterocycles. The zero-order valence-corrected chi connectivity index (χ0v) is 9.69. The molecule has 0 bridgehead atoms. The Hall–Kier alpha value is -1.06. The smallest absolute Gasteiger partial charge is 0.225 e. The fourth-order valence-corrected chi connectivity index (χ4v) is 1.98. The Morgan fingerprint density at radius 1 is 1.33 bits per heavy atom. The van der Waals surface area contributed by atoms with Crippen molar-refractivity contribution in [3.63, 3.8) is 0 Å². The number of carbonyl (C=O) groups excluding carboxylic acids is 2. The van der Waals surface area contributed by atoms with Gasteiger partial charge in [-0.3, -0.25) is 9.59 Å². The highest BCUT2D eigenvalue weighted by atomic mass is 16.2. The van der Waals surface area contributed by atoms with E-state index in [0.717, 1.165) is 12.8 Å². The normalized spacial score (nSPS) is 26.8. The van der Waals surface area contributed by atoms with Crippen LogP contribution in [0.25, 0.3) is 0 Å². The summed E-state index contributed by atoms with van der Waals surface area (Å²) in [6.45, 7) is 6.27. The van der Waals surface area contributed by atoms with Gasteiger partial charge in [-0.1, -0.05) is 13.8 Å². The second-order valence-corrected chi connectivity index (χ2v) is 4.67. The summed E-state index contributed by atoms with van der Waals surface area (Å²) in [6.07, 6.45) is 1.67. The molecule has 15 heavy (non-hydrogen) atoms. The highest BCUT2D eigenvalue weighted by Gasteiger charge is 2.32. The molecule has 1 fully saturated rings. The lowest BCUT2D eigenvalue weighted by atomic mass is 9.92. The van der Waals surface area contributed by atoms with Crippen molar-refractivity contribution in [2.75, 3.05) is 6.54 Å². The van der Waals surface area contributed by atoms with E-state index >= 15 is 0 Å². The van der Waals surface area contributed by atoms with Crippen molar-refractivity contribution in [1.29, 1.82) is 0 Å². The van der Waals surface area contributed by atoms with Crippen molar-refractivity contribution >= 4 is 11.8 Å². The molecular formula is C11H20N2O2. The number of carbonyl (C=O) groups is 2. The number of primary amides is 1. The van der Waals surface area contributed by atoms with Gasteiger partial charge < -0.3 is 10.6 Å². The first-order valence-electron chi connectivity index (χ1n) is 5.53. The van der Waals surface area contributed by atoms with Gasteiger partial charge >= 0.3 is 0 Å². The lowest BCUT2D eigenvalue weighted by Crippen LogP contribution is -2.49. The van der Waals surface area contributed by atoms with Gasteiger partial charge in [-0.15, -0.1) is 0 Å². The number of nitrogens with zero attached hydrogens (tertiary/aromatic N) is 1. The van der Waals surface area contributed by atoms with E-state index in [1.54, 1.807) is 4.90 Å². The summed E-state index contributed by atoms with van der Waals surface area (Å²) in [7, 11) is 0. The monoisotopic (exact) mass is 212 g/mol. The molecule has 0 saturated carbocycles. The van der Waals surface area contributed by atoms with E-state index in [-0.39, 0.29) is 29.7 Å². The molecule has 4 nitrogen and oxygen atoms in total.